The van der Waals surface area contributed by atoms with Crippen LogP contribution >= 0.6 is 0 Å². The summed E-state index contributed by atoms with van der Waals surface area (Å²) in [6, 6.07) is 10.0. The van der Waals surface area contributed by atoms with Gasteiger partial charge in [0.25, 0.3) is 0 Å². The minimum absolute atomic E-state index is 0.0930. The van der Waals surface area contributed by atoms with Crippen molar-refractivity contribution in [3.8, 4) is 11.3 Å². The predicted octanol–water partition coefficient (Wildman–Crippen LogP) is 3.08. The first-order valence-corrected chi connectivity index (χ1v) is 7.96. The van der Waals surface area contributed by atoms with Gasteiger partial charge in [-0.25, -0.2) is 0 Å². The molecule has 0 fully saturated rings. The van der Waals surface area contributed by atoms with Crippen LogP contribution in [0.3, 0.4) is 0 Å². The van der Waals surface area contributed by atoms with Gasteiger partial charge in [-0.05, 0) is 32.6 Å². The van der Waals surface area contributed by atoms with E-state index >= 15 is 0 Å². The quantitative estimate of drug-likeness (QED) is 0.873. The molecule has 1 atom stereocenters. The minimum atomic E-state index is -0.251. The number of fused-ring (bicyclic) bond motifs is 1. The lowest BCUT2D eigenvalue weighted by Gasteiger charge is -2.21. The number of hydrogen-bond acceptors (Lipinski definition) is 2. The third-order valence-corrected chi connectivity index (χ3v) is 4.42. The van der Waals surface area contributed by atoms with Crippen LogP contribution < -0.4 is 0 Å². The number of hydrogen-bond donors (Lipinski definition) is 0. The molecule has 1 aromatic carbocycles. The van der Waals surface area contributed by atoms with Crippen LogP contribution in [-0.2, 0) is 17.6 Å². The fraction of sp³-hybridized carbons (Fsp3) is 0.444. The Morgan fingerprint density at radius 1 is 1.18 bits per heavy atom. The van der Waals surface area contributed by atoms with Gasteiger partial charge < -0.3 is 4.90 Å². The second kappa shape index (κ2) is 5.95. The van der Waals surface area contributed by atoms with Gasteiger partial charge in [0.15, 0.2) is 0 Å². The first kappa shape index (κ1) is 14.8. The van der Waals surface area contributed by atoms with Crippen molar-refractivity contribution in [3.63, 3.8) is 0 Å². The molecular formula is C18H23N3O. The Labute approximate surface area is 131 Å². The fourth-order valence-electron chi connectivity index (χ4n) is 3.25. The van der Waals surface area contributed by atoms with Crippen molar-refractivity contribution in [2.24, 2.45) is 0 Å². The molecule has 0 bridgehead atoms. The smallest absolute Gasteiger partial charge is 0.246 e. The second-order valence-electron chi connectivity index (χ2n) is 6.20. The van der Waals surface area contributed by atoms with Gasteiger partial charge in [0.05, 0.1) is 5.69 Å². The molecule has 0 aliphatic heterocycles. The maximum absolute atomic E-state index is 12.3. The number of amides is 1. The molecule has 0 saturated heterocycles. The van der Waals surface area contributed by atoms with Crippen molar-refractivity contribution in [3.05, 3.63) is 41.6 Å². The van der Waals surface area contributed by atoms with Gasteiger partial charge in [0.2, 0.25) is 5.91 Å². The van der Waals surface area contributed by atoms with Crippen LogP contribution in [-0.4, -0.2) is 34.7 Å². The van der Waals surface area contributed by atoms with Crippen LogP contribution in [0.2, 0.25) is 0 Å². The summed E-state index contributed by atoms with van der Waals surface area (Å²) in [5, 5.41) is 4.83. The maximum atomic E-state index is 12.3. The average Bonchev–Trinajstić information content (AvgIpc) is 2.94. The molecule has 4 nitrogen and oxygen atoms in total. The highest BCUT2D eigenvalue weighted by atomic mass is 16.2. The first-order valence-electron chi connectivity index (χ1n) is 7.96. The number of nitrogens with zero attached hydrogens (tertiary/aromatic N) is 3. The van der Waals surface area contributed by atoms with Crippen LogP contribution in [0.4, 0.5) is 0 Å². The van der Waals surface area contributed by atoms with Crippen molar-refractivity contribution < 1.29 is 4.79 Å². The van der Waals surface area contributed by atoms with Crippen molar-refractivity contribution in [2.45, 2.75) is 38.6 Å². The molecule has 3 rings (SSSR count). The Hall–Kier alpha value is -2.10. The van der Waals surface area contributed by atoms with Gasteiger partial charge in [-0.2, -0.15) is 5.10 Å². The second-order valence-corrected chi connectivity index (χ2v) is 6.20. The highest BCUT2D eigenvalue weighted by Gasteiger charge is 2.27. The van der Waals surface area contributed by atoms with Gasteiger partial charge in [0, 0.05) is 30.9 Å². The van der Waals surface area contributed by atoms with Crippen molar-refractivity contribution in [1.82, 2.24) is 14.7 Å². The summed E-state index contributed by atoms with van der Waals surface area (Å²) >= 11 is 0. The highest BCUT2D eigenvalue weighted by molar-refractivity contribution is 5.80. The van der Waals surface area contributed by atoms with E-state index in [1.165, 1.54) is 24.1 Å². The van der Waals surface area contributed by atoms with Crippen LogP contribution in [0, 0.1) is 0 Å². The molecular weight excluding hydrogens is 274 g/mol. The van der Waals surface area contributed by atoms with Gasteiger partial charge in [0.1, 0.15) is 6.04 Å². The van der Waals surface area contributed by atoms with Crippen molar-refractivity contribution >= 4 is 5.91 Å². The third kappa shape index (κ3) is 2.54. The molecule has 0 spiro atoms. The van der Waals surface area contributed by atoms with Crippen LogP contribution in [0.25, 0.3) is 11.3 Å². The Balaban J connectivity index is 2.09. The largest absolute Gasteiger partial charge is 0.347 e. The molecule has 1 unspecified atom stereocenters. The average molecular weight is 297 g/mol. The zero-order valence-electron chi connectivity index (χ0n) is 13.5. The van der Waals surface area contributed by atoms with E-state index in [-0.39, 0.29) is 11.9 Å². The molecule has 2 aromatic rings. The molecule has 1 amide bonds. The lowest BCUT2D eigenvalue weighted by molar-refractivity contribution is -0.132. The van der Waals surface area contributed by atoms with Crippen LogP contribution in [0.15, 0.2) is 30.3 Å². The Morgan fingerprint density at radius 2 is 1.86 bits per heavy atom. The van der Waals surface area contributed by atoms with E-state index < -0.39 is 0 Å². The van der Waals surface area contributed by atoms with E-state index in [1.807, 2.05) is 29.8 Å². The number of rotatable bonds is 3. The molecule has 1 heterocycles. The highest BCUT2D eigenvalue weighted by Crippen LogP contribution is 2.32. The van der Waals surface area contributed by atoms with E-state index in [9.17, 15) is 4.79 Å². The molecule has 0 N–H and O–H groups in total. The van der Waals surface area contributed by atoms with Gasteiger partial charge in [-0.3, -0.25) is 9.48 Å². The summed E-state index contributed by atoms with van der Waals surface area (Å²) in [4.78, 5) is 14.0. The topological polar surface area (TPSA) is 38.1 Å². The van der Waals surface area contributed by atoms with Crippen molar-refractivity contribution in [1.29, 1.82) is 0 Å². The Bertz CT molecular complexity index is 673. The van der Waals surface area contributed by atoms with E-state index in [0.717, 1.165) is 24.1 Å². The lowest BCUT2D eigenvalue weighted by atomic mass is 9.93. The zero-order valence-corrected chi connectivity index (χ0v) is 13.5. The molecule has 0 saturated carbocycles. The monoisotopic (exact) mass is 297 g/mol. The SMILES string of the molecule is CC(C(=O)N(C)C)n1nc(-c2ccccc2)c2c1CCCC2. The Morgan fingerprint density at radius 3 is 2.55 bits per heavy atom. The fourth-order valence-corrected chi connectivity index (χ4v) is 3.25. The molecule has 0 radical (unpaired) electrons. The van der Waals surface area contributed by atoms with Crippen LogP contribution in [0.1, 0.15) is 37.1 Å². The van der Waals surface area contributed by atoms with Gasteiger partial charge >= 0.3 is 0 Å². The molecule has 1 aromatic heterocycles. The summed E-state index contributed by atoms with van der Waals surface area (Å²) in [6.45, 7) is 1.94. The molecule has 22 heavy (non-hydrogen) atoms. The Kier molecular flexibility index (Phi) is 4.01. The number of carbonyl (C=O) groups excluding carboxylic acids is 1. The van der Waals surface area contributed by atoms with E-state index in [1.54, 1.807) is 19.0 Å². The maximum Gasteiger partial charge on any atom is 0.246 e. The van der Waals surface area contributed by atoms with E-state index in [2.05, 4.69) is 12.1 Å². The lowest BCUT2D eigenvalue weighted by Crippen LogP contribution is -2.31. The molecule has 116 valence electrons. The van der Waals surface area contributed by atoms with Crippen molar-refractivity contribution in [2.75, 3.05) is 14.1 Å². The molecule has 1 aliphatic rings. The third-order valence-electron chi connectivity index (χ3n) is 4.42. The summed E-state index contributed by atoms with van der Waals surface area (Å²) < 4.78 is 1.96. The van der Waals surface area contributed by atoms with Gasteiger partial charge in [-0.1, -0.05) is 30.3 Å². The summed E-state index contributed by atoms with van der Waals surface area (Å²) in [5.74, 6) is 0.0930. The first-order chi connectivity index (χ1) is 10.6. The van der Waals surface area contributed by atoms with Crippen LogP contribution in [0.5, 0.6) is 0 Å². The predicted molar refractivity (Wildman–Crippen MR) is 87.7 cm³/mol. The normalized spacial score (nSPS) is 15.2. The zero-order chi connectivity index (χ0) is 15.7. The van der Waals surface area contributed by atoms with E-state index in [4.69, 9.17) is 5.10 Å². The standard InChI is InChI=1S/C18H23N3O/c1-13(18(22)20(2)3)21-16-12-8-7-11-15(16)17(19-21)14-9-5-4-6-10-14/h4-6,9-10,13H,7-8,11-12H2,1-3H3. The number of likely N-dealkylation sites (N-methyl/N-ethyl adjacent to an activating group) is 1. The number of aromatic nitrogens is 2. The number of carbonyl (C=O) groups is 1. The molecule has 4 heteroatoms. The molecule has 1 aliphatic carbocycles. The summed E-state index contributed by atoms with van der Waals surface area (Å²) in [5.41, 5.74) is 4.77. The van der Waals surface area contributed by atoms with E-state index in [0.29, 0.717) is 0 Å². The number of benzene rings is 1. The minimum Gasteiger partial charge on any atom is -0.347 e. The summed E-state index contributed by atoms with van der Waals surface area (Å²) in [6.07, 6.45) is 4.45. The summed E-state index contributed by atoms with van der Waals surface area (Å²) in [7, 11) is 3.60. The van der Waals surface area contributed by atoms with Gasteiger partial charge in [-0.15, -0.1) is 0 Å².